The molecule has 0 aliphatic carbocycles. The Balaban J connectivity index is 2.18. The number of hydrogen-bond donors (Lipinski definition) is 1. The molecule has 0 aliphatic heterocycles. The second-order valence-corrected chi connectivity index (χ2v) is 5.26. The van der Waals surface area contributed by atoms with Crippen molar-refractivity contribution in [2.45, 2.75) is 6.10 Å². The Hall–Kier alpha value is -1.69. The molecule has 112 valence electrons. The third kappa shape index (κ3) is 3.91. The van der Waals surface area contributed by atoms with Crippen molar-refractivity contribution < 1.29 is 14.6 Å². The van der Waals surface area contributed by atoms with E-state index in [1.54, 1.807) is 25.2 Å². The van der Waals surface area contributed by atoms with Gasteiger partial charge in [0.2, 0.25) is 0 Å². The average Bonchev–Trinajstić information content (AvgIpc) is 2.45. The number of methoxy groups -OCH3 is 1. The van der Waals surface area contributed by atoms with Gasteiger partial charge in [-0.3, -0.25) is 4.79 Å². The van der Waals surface area contributed by atoms with Crippen LogP contribution in [-0.2, 0) is 4.74 Å². The van der Waals surface area contributed by atoms with Crippen LogP contribution < -0.4 is 0 Å². The second kappa shape index (κ2) is 6.85. The molecule has 0 radical (unpaired) electrons. The van der Waals surface area contributed by atoms with Gasteiger partial charge in [-0.1, -0.05) is 23.7 Å². The minimum atomic E-state index is -0.723. The van der Waals surface area contributed by atoms with E-state index < -0.39 is 6.10 Å². The Morgan fingerprint density at radius 1 is 1.43 bits per heavy atom. The molecule has 1 N–H and O–H groups in total. The lowest BCUT2D eigenvalue weighted by atomic mass is 10.2. The zero-order valence-electron chi connectivity index (χ0n) is 11.9. The molecule has 21 heavy (non-hydrogen) atoms. The van der Waals surface area contributed by atoms with E-state index in [0.29, 0.717) is 16.2 Å². The SMILES string of the molecule is COCC(O)CN(C)C(=O)c1ccc2ccc(Cl)cc2n1. The van der Waals surface area contributed by atoms with E-state index in [2.05, 4.69) is 4.98 Å². The lowest BCUT2D eigenvalue weighted by Gasteiger charge is -2.20. The summed E-state index contributed by atoms with van der Waals surface area (Å²) in [7, 11) is 3.12. The van der Waals surface area contributed by atoms with E-state index >= 15 is 0 Å². The monoisotopic (exact) mass is 308 g/mol. The van der Waals surface area contributed by atoms with Gasteiger partial charge in [-0.2, -0.15) is 0 Å². The van der Waals surface area contributed by atoms with Crippen molar-refractivity contribution in [3.63, 3.8) is 0 Å². The van der Waals surface area contributed by atoms with Crippen LogP contribution in [0, 0.1) is 0 Å². The first kappa shape index (κ1) is 15.7. The van der Waals surface area contributed by atoms with E-state index in [0.717, 1.165) is 5.39 Å². The second-order valence-electron chi connectivity index (χ2n) is 4.83. The lowest BCUT2D eigenvalue weighted by molar-refractivity contribution is 0.0378. The van der Waals surface area contributed by atoms with Crippen LogP contribution in [0.3, 0.4) is 0 Å². The fraction of sp³-hybridized carbons (Fsp3) is 0.333. The number of pyridine rings is 1. The number of aliphatic hydroxyl groups excluding tert-OH is 1. The highest BCUT2D eigenvalue weighted by atomic mass is 35.5. The molecule has 2 rings (SSSR count). The predicted octanol–water partition coefficient (Wildman–Crippen LogP) is 1.97. The number of hydrogen-bond acceptors (Lipinski definition) is 4. The summed E-state index contributed by atoms with van der Waals surface area (Å²) in [6.07, 6.45) is -0.723. The molecular formula is C15H17ClN2O3. The van der Waals surface area contributed by atoms with Crippen molar-refractivity contribution in [2.75, 3.05) is 27.3 Å². The largest absolute Gasteiger partial charge is 0.389 e. The third-order valence-corrected chi connectivity index (χ3v) is 3.30. The first-order chi connectivity index (χ1) is 10.0. The van der Waals surface area contributed by atoms with Crippen molar-refractivity contribution in [2.24, 2.45) is 0 Å². The Labute approximate surface area is 128 Å². The van der Waals surface area contributed by atoms with Gasteiger partial charge in [0.1, 0.15) is 5.69 Å². The number of aliphatic hydroxyl groups is 1. The van der Waals surface area contributed by atoms with Gasteiger partial charge < -0.3 is 14.7 Å². The highest BCUT2D eigenvalue weighted by Gasteiger charge is 2.17. The van der Waals surface area contributed by atoms with Crippen molar-refractivity contribution in [1.82, 2.24) is 9.88 Å². The maximum Gasteiger partial charge on any atom is 0.272 e. The lowest BCUT2D eigenvalue weighted by Crippen LogP contribution is -2.36. The third-order valence-electron chi connectivity index (χ3n) is 3.06. The zero-order chi connectivity index (χ0) is 15.4. The van der Waals surface area contributed by atoms with Crippen LogP contribution in [0.25, 0.3) is 10.9 Å². The van der Waals surface area contributed by atoms with E-state index in [9.17, 15) is 9.90 Å². The molecule has 0 aliphatic rings. The minimum absolute atomic E-state index is 0.179. The number of likely N-dealkylation sites (N-methyl/N-ethyl adjacent to an activating group) is 1. The summed E-state index contributed by atoms with van der Waals surface area (Å²) in [5.74, 6) is -0.257. The quantitative estimate of drug-likeness (QED) is 0.917. The Bertz CT molecular complexity index is 648. The maximum absolute atomic E-state index is 12.3. The molecule has 0 bridgehead atoms. The van der Waals surface area contributed by atoms with Crippen LogP contribution in [0.5, 0.6) is 0 Å². The number of fused-ring (bicyclic) bond motifs is 1. The van der Waals surface area contributed by atoms with Gasteiger partial charge >= 0.3 is 0 Å². The van der Waals surface area contributed by atoms with Gasteiger partial charge in [-0.15, -0.1) is 0 Å². The molecule has 1 heterocycles. The summed E-state index contributed by atoms with van der Waals surface area (Å²) < 4.78 is 4.84. The molecule has 1 aromatic heterocycles. The molecule has 1 aromatic carbocycles. The van der Waals surface area contributed by atoms with Crippen molar-refractivity contribution >= 4 is 28.4 Å². The van der Waals surface area contributed by atoms with Gasteiger partial charge in [0, 0.05) is 31.1 Å². The number of ether oxygens (including phenoxy) is 1. The zero-order valence-corrected chi connectivity index (χ0v) is 12.7. The number of aromatic nitrogens is 1. The first-order valence-electron chi connectivity index (χ1n) is 6.50. The van der Waals surface area contributed by atoms with Crippen LogP contribution >= 0.6 is 11.6 Å². The Morgan fingerprint density at radius 2 is 2.14 bits per heavy atom. The smallest absolute Gasteiger partial charge is 0.272 e. The topological polar surface area (TPSA) is 62.7 Å². The molecule has 0 spiro atoms. The van der Waals surface area contributed by atoms with Crippen molar-refractivity contribution in [3.05, 3.63) is 41.0 Å². The average molecular weight is 309 g/mol. The van der Waals surface area contributed by atoms with Crippen LogP contribution in [0.4, 0.5) is 0 Å². The molecule has 1 atom stereocenters. The van der Waals surface area contributed by atoms with Gasteiger partial charge in [0.05, 0.1) is 18.2 Å². The summed E-state index contributed by atoms with van der Waals surface area (Å²) in [5.41, 5.74) is 0.982. The van der Waals surface area contributed by atoms with Gasteiger partial charge in [0.15, 0.2) is 0 Å². The molecule has 0 saturated heterocycles. The normalized spacial score (nSPS) is 12.4. The van der Waals surface area contributed by atoms with Gasteiger partial charge in [0.25, 0.3) is 5.91 Å². The highest BCUT2D eigenvalue weighted by Crippen LogP contribution is 2.18. The van der Waals surface area contributed by atoms with Crippen LogP contribution in [0.1, 0.15) is 10.5 Å². The predicted molar refractivity (Wildman–Crippen MR) is 81.6 cm³/mol. The number of carbonyl (C=O) groups excluding carboxylic acids is 1. The van der Waals surface area contributed by atoms with E-state index in [4.69, 9.17) is 16.3 Å². The molecule has 5 nitrogen and oxygen atoms in total. The van der Waals surface area contributed by atoms with Crippen molar-refractivity contribution in [3.8, 4) is 0 Å². The standard InChI is InChI=1S/C15H17ClN2O3/c1-18(8-12(19)9-21-2)15(20)13-6-4-10-3-5-11(16)7-14(10)17-13/h3-7,12,19H,8-9H2,1-2H3. The van der Waals surface area contributed by atoms with E-state index in [-0.39, 0.29) is 19.1 Å². The number of rotatable bonds is 5. The number of benzene rings is 1. The summed E-state index contributed by atoms with van der Waals surface area (Å²) in [5, 5.41) is 11.2. The molecule has 0 fully saturated rings. The molecule has 0 saturated carbocycles. The van der Waals surface area contributed by atoms with Gasteiger partial charge in [-0.05, 0) is 18.2 Å². The number of halogens is 1. The molecule has 2 aromatic rings. The summed E-state index contributed by atoms with van der Waals surface area (Å²) in [6.45, 7) is 0.361. The Kier molecular flexibility index (Phi) is 5.12. The maximum atomic E-state index is 12.3. The fourth-order valence-electron chi connectivity index (χ4n) is 2.05. The fourth-order valence-corrected chi connectivity index (χ4v) is 2.22. The minimum Gasteiger partial charge on any atom is -0.389 e. The number of amides is 1. The highest BCUT2D eigenvalue weighted by molar-refractivity contribution is 6.31. The summed E-state index contributed by atoms with van der Waals surface area (Å²) >= 11 is 5.93. The van der Waals surface area contributed by atoms with Crippen molar-refractivity contribution in [1.29, 1.82) is 0 Å². The molecule has 1 amide bonds. The van der Waals surface area contributed by atoms with E-state index in [1.807, 2.05) is 12.1 Å². The number of carbonyl (C=O) groups is 1. The van der Waals surface area contributed by atoms with Crippen LogP contribution in [-0.4, -0.2) is 54.3 Å². The van der Waals surface area contributed by atoms with Crippen LogP contribution in [0.15, 0.2) is 30.3 Å². The molecular weight excluding hydrogens is 292 g/mol. The van der Waals surface area contributed by atoms with Crippen LogP contribution in [0.2, 0.25) is 5.02 Å². The Morgan fingerprint density at radius 3 is 2.86 bits per heavy atom. The van der Waals surface area contributed by atoms with E-state index in [1.165, 1.54) is 12.0 Å². The summed E-state index contributed by atoms with van der Waals surface area (Å²) in [6, 6.07) is 8.84. The molecule has 6 heteroatoms. The number of nitrogens with zero attached hydrogens (tertiary/aromatic N) is 2. The molecule has 1 unspecified atom stereocenters. The summed E-state index contributed by atoms with van der Waals surface area (Å²) in [4.78, 5) is 18.0. The first-order valence-corrected chi connectivity index (χ1v) is 6.88. The van der Waals surface area contributed by atoms with Gasteiger partial charge in [-0.25, -0.2) is 4.98 Å².